The lowest BCUT2D eigenvalue weighted by Crippen LogP contribution is -2.34. The van der Waals surface area contributed by atoms with Crippen molar-refractivity contribution in [3.63, 3.8) is 0 Å². The van der Waals surface area contributed by atoms with Gasteiger partial charge < -0.3 is 15.3 Å². The molecule has 0 amide bonds. The molecule has 18 heavy (non-hydrogen) atoms. The first-order valence-corrected chi connectivity index (χ1v) is 8.11. The molecule has 1 fully saturated rings. The van der Waals surface area contributed by atoms with Crippen molar-refractivity contribution < 1.29 is 5.11 Å². The summed E-state index contributed by atoms with van der Waals surface area (Å²) in [6.45, 7) is 3.64. The summed E-state index contributed by atoms with van der Waals surface area (Å²) in [5.41, 5.74) is 1.07. The van der Waals surface area contributed by atoms with Gasteiger partial charge >= 0.3 is 0 Å². The van der Waals surface area contributed by atoms with Gasteiger partial charge in [-0.25, -0.2) is 0 Å². The van der Waals surface area contributed by atoms with Gasteiger partial charge in [-0.15, -0.1) is 0 Å². The predicted molar refractivity (Wildman–Crippen MR) is 87.0 cm³/mol. The van der Waals surface area contributed by atoms with Crippen LogP contribution in [0.25, 0.3) is 0 Å². The zero-order valence-electron chi connectivity index (χ0n) is 10.2. The van der Waals surface area contributed by atoms with E-state index in [-0.39, 0.29) is 6.10 Å². The van der Waals surface area contributed by atoms with Crippen LogP contribution in [0.15, 0.2) is 22.7 Å². The average Bonchev–Trinajstić information content (AvgIpc) is 2.83. The van der Waals surface area contributed by atoms with Gasteiger partial charge in [0.2, 0.25) is 0 Å². The number of hydrogen-bond donors (Lipinski definition) is 2. The maximum absolute atomic E-state index is 10.0. The second-order valence-corrected chi connectivity index (χ2v) is 6.74. The van der Waals surface area contributed by atoms with E-state index in [0.717, 1.165) is 29.8 Å². The molecule has 1 aliphatic heterocycles. The third-order valence-corrected chi connectivity index (χ3v) is 4.56. The van der Waals surface area contributed by atoms with E-state index in [0.29, 0.717) is 6.54 Å². The molecule has 3 nitrogen and oxygen atoms in total. The number of rotatable bonds is 5. The minimum atomic E-state index is -0.308. The van der Waals surface area contributed by atoms with E-state index < -0.39 is 0 Å². The van der Waals surface area contributed by atoms with E-state index in [2.05, 4.69) is 54.8 Å². The number of hydrogen-bond acceptors (Lipinski definition) is 3. The maximum atomic E-state index is 10.0. The average molecular weight is 425 g/mol. The molecule has 0 saturated carbocycles. The van der Waals surface area contributed by atoms with Gasteiger partial charge in [-0.2, -0.15) is 0 Å². The lowest BCUT2D eigenvalue weighted by atomic mass is 10.3. The molecule has 100 valence electrons. The first kappa shape index (κ1) is 14.6. The lowest BCUT2D eigenvalue weighted by Gasteiger charge is -2.20. The number of aliphatic hydroxyl groups is 1. The van der Waals surface area contributed by atoms with Crippen molar-refractivity contribution in [1.29, 1.82) is 0 Å². The van der Waals surface area contributed by atoms with Crippen molar-refractivity contribution in [2.75, 3.05) is 31.5 Å². The molecule has 1 heterocycles. The maximum Gasteiger partial charge on any atom is 0.0839 e. The summed E-state index contributed by atoms with van der Waals surface area (Å²) in [5, 5.41) is 13.3. The zero-order chi connectivity index (χ0) is 13.0. The number of likely N-dealkylation sites (tertiary alicyclic amines) is 1. The van der Waals surface area contributed by atoms with Crippen LogP contribution in [-0.4, -0.2) is 42.3 Å². The minimum Gasteiger partial charge on any atom is -0.390 e. The Labute approximate surface area is 130 Å². The van der Waals surface area contributed by atoms with Crippen LogP contribution in [-0.2, 0) is 0 Å². The molecular formula is C13H18BrIN2O. The van der Waals surface area contributed by atoms with E-state index in [1.807, 2.05) is 12.1 Å². The standard InChI is InChI=1S/C13H18BrIN2O/c14-10-3-4-12(15)13(7-10)16-8-11(18)9-17-5-1-2-6-17/h3-4,7,11,16,18H,1-2,5-6,8-9H2. The monoisotopic (exact) mass is 424 g/mol. The van der Waals surface area contributed by atoms with E-state index in [1.54, 1.807) is 0 Å². The van der Waals surface area contributed by atoms with Gasteiger partial charge in [-0.3, -0.25) is 0 Å². The number of nitrogens with one attached hydrogen (secondary N) is 1. The van der Waals surface area contributed by atoms with Crippen molar-refractivity contribution in [3.05, 3.63) is 26.2 Å². The van der Waals surface area contributed by atoms with Crippen molar-refractivity contribution in [1.82, 2.24) is 4.90 Å². The van der Waals surface area contributed by atoms with Crippen LogP contribution in [0.4, 0.5) is 5.69 Å². The van der Waals surface area contributed by atoms with Crippen LogP contribution in [0.1, 0.15) is 12.8 Å². The molecule has 0 aromatic heterocycles. The molecule has 1 unspecified atom stereocenters. The van der Waals surface area contributed by atoms with Crippen molar-refractivity contribution in [2.24, 2.45) is 0 Å². The molecule has 0 bridgehead atoms. The first-order chi connectivity index (χ1) is 8.65. The summed E-state index contributed by atoms with van der Waals surface area (Å²) in [6.07, 6.45) is 2.23. The normalized spacial score (nSPS) is 17.9. The quantitative estimate of drug-likeness (QED) is 0.713. The SMILES string of the molecule is OC(CNc1cc(Br)ccc1I)CN1CCCC1. The highest BCUT2D eigenvalue weighted by atomic mass is 127. The van der Waals surface area contributed by atoms with Crippen LogP contribution in [0.2, 0.25) is 0 Å². The number of aliphatic hydroxyl groups excluding tert-OH is 1. The molecule has 1 saturated heterocycles. The molecule has 5 heteroatoms. The van der Waals surface area contributed by atoms with E-state index in [9.17, 15) is 5.11 Å². The molecule has 1 aliphatic rings. The summed E-state index contributed by atoms with van der Waals surface area (Å²) < 4.78 is 2.23. The highest BCUT2D eigenvalue weighted by Gasteiger charge is 2.15. The number of β-amino-alcohol motifs (C(OH)–C–C–N with tert-alkyl or cyclic N) is 1. The largest absolute Gasteiger partial charge is 0.390 e. The Kier molecular flexibility index (Phi) is 5.72. The van der Waals surface area contributed by atoms with Crippen LogP contribution in [0, 0.1) is 3.57 Å². The topological polar surface area (TPSA) is 35.5 Å². The fourth-order valence-electron chi connectivity index (χ4n) is 2.19. The zero-order valence-corrected chi connectivity index (χ0v) is 13.9. The summed E-state index contributed by atoms with van der Waals surface area (Å²) in [5.74, 6) is 0. The molecule has 1 aromatic rings. The Bertz CT molecular complexity index is 397. The fourth-order valence-corrected chi connectivity index (χ4v) is 3.08. The summed E-state index contributed by atoms with van der Waals surface area (Å²) >= 11 is 5.76. The Morgan fingerprint density at radius 1 is 1.39 bits per heavy atom. The second-order valence-electron chi connectivity index (χ2n) is 4.67. The number of nitrogens with zero attached hydrogens (tertiary/aromatic N) is 1. The molecule has 0 radical (unpaired) electrons. The first-order valence-electron chi connectivity index (χ1n) is 6.24. The van der Waals surface area contributed by atoms with Gasteiger partial charge in [0.15, 0.2) is 0 Å². The van der Waals surface area contributed by atoms with Crippen LogP contribution in [0.3, 0.4) is 0 Å². The Morgan fingerprint density at radius 2 is 2.11 bits per heavy atom. The van der Waals surface area contributed by atoms with Gasteiger partial charge in [0.1, 0.15) is 0 Å². The van der Waals surface area contributed by atoms with Crippen molar-refractivity contribution in [2.45, 2.75) is 18.9 Å². The van der Waals surface area contributed by atoms with Crippen LogP contribution in [0.5, 0.6) is 0 Å². The highest BCUT2D eigenvalue weighted by molar-refractivity contribution is 14.1. The van der Waals surface area contributed by atoms with Crippen LogP contribution >= 0.6 is 38.5 Å². The third-order valence-electron chi connectivity index (χ3n) is 3.12. The van der Waals surface area contributed by atoms with Gasteiger partial charge in [-0.05, 0) is 66.7 Å². The highest BCUT2D eigenvalue weighted by Crippen LogP contribution is 2.22. The summed E-state index contributed by atoms with van der Waals surface area (Å²) in [6, 6.07) is 6.12. The third kappa shape index (κ3) is 4.36. The van der Waals surface area contributed by atoms with E-state index >= 15 is 0 Å². The van der Waals surface area contributed by atoms with Gasteiger partial charge in [0.05, 0.1) is 6.10 Å². The number of benzene rings is 1. The Balaban J connectivity index is 1.81. The van der Waals surface area contributed by atoms with Gasteiger partial charge in [0, 0.05) is 26.8 Å². The number of halogens is 2. The number of anilines is 1. The van der Waals surface area contributed by atoms with E-state index in [4.69, 9.17) is 0 Å². The fraction of sp³-hybridized carbons (Fsp3) is 0.538. The Hall–Kier alpha value is 0.150. The smallest absolute Gasteiger partial charge is 0.0839 e. The molecule has 0 aliphatic carbocycles. The molecule has 1 aromatic carbocycles. The predicted octanol–water partition coefficient (Wildman–Crippen LogP) is 2.92. The van der Waals surface area contributed by atoms with Crippen molar-refractivity contribution in [3.8, 4) is 0 Å². The Morgan fingerprint density at radius 3 is 2.83 bits per heavy atom. The summed E-state index contributed by atoms with van der Waals surface area (Å²) in [4.78, 5) is 2.33. The molecule has 1 atom stereocenters. The van der Waals surface area contributed by atoms with E-state index in [1.165, 1.54) is 16.4 Å². The van der Waals surface area contributed by atoms with Gasteiger partial charge in [0.25, 0.3) is 0 Å². The second kappa shape index (κ2) is 7.07. The summed E-state index contributed by atoms with van der Waals surface area (Å²) in [7, 11) is 0. The lowest BCUT2D eigenvalue weighted by molar-refractivity contribution is 0.135. The van der Waals surface area contributed by atoms with Crippen molar-refractivity contribution >= 4 is 44.2 Å². The van der Waals surface area contributed by atoms with Crippen LogP contribution < -0.4 is 5.32 Å². The molecule has 0 spiro atoms. The molecule has 2 rings (SSSR count). The molecule has 2 N–H and O–H groups in total. The van der Waals surface area contributed by atoms with Gasteiger partial charge in [-0.1, -0.05) is 15.9 Å². The minimum absolute atomic E-state index is 0.308. The molecular weight excluding hydrogens is 407 g/mol.